The summed E-state index contributed by atoms with van der Waals surface area (Å²) in [6, 6.07) is 12.9. The fourth-order valence-electron chi connectivity index (χ4n) is 2.92. The first-order valence-corrected chi connectivity index (χ1v) is 9.06. The summed E-state index contributed by atoms with van der Waals surface area (Å²) in [5.41, 5.74) is 5.33. The minimum Gasteiger partial charge on any atom is -0.351 e. The van der Waals surface area contributed by atoms with Gasteiger partial charge in [-0.1, -0.05) is 29.8 Å². The minimum absolute atomic E-state index is 0.173. The SMILES string of the molecule is CC1=C(C(=O)Nc2ccc(C)c(C)c2)C(c2ccc(Cl)cc2)NC(=S)N1. The smallest absolute Gasteiger partial charge is 0.255 e. The Balaban J connectivity index is 1.93. The van der Waals surface area contributed by atoms with Gasteiger partial charge in [0.15, 0.2) is 5.11 Å². The fraction of sp³-hybridized carbons (Fsp3) is 0.200. The number of thiocarbonyl (C=S) groups is 1. The van der Waals surface area contributed by atoms with Gasteiger partial charge >= 0.3 is 0 Å². The van der Waals surface area contributed by atoms with E-state index in [0.29, 0.717) is 15.7 Å². The Morgan fingerprint density at radius 3 is 2.42 bits per heavy atom. The fourth-order valence-corrected chi connectivity index (χ4v) is 3.31. The Morgan fingerprint density at radius 1 is 1.08 bits per heavy atom. The van der Waals surface area contributed by atoms with E-state index in [4.69, 9.17) is 23.8 Å². The third-order valence-electron chi connectivity index (χ3n) is 4.48. The van der Waals surface area contributed by atoms with Crippen LogP contribution in [0.15, 0.2) is 53.7 Å². The van der Waals surface area contributed by atoms with Gasteiger partial charge in [0, 0.05) is 16.4 Å². The van der Waals surface area contributed by atoms with Crippen molar-refractivity contribution in [2.45, 2.75) is 26.8 Å². The zero-order valence-corrected chi connectivity index (χ0v) is 16.4. The maximum absolute atomic E-state index is 13.0. The van der Waals surface area contributed by atoms with Crippen molar-refractivity contribution in [1.29, 1.82) is 0 Å². The second kappa shape index (κ2) is 7.48. The molecule has 4 nitrogen and oxygen atoms in total. The van der Waals surface area contributed by atoms with Crippen LogP contribution in [-0.4, -0.2) is 11.0 Å². The molecule has 0 aliphatic carbocycles. The van der Waals surface area contributed by atoms with E-state index in [1.165, 1.54) is 5.56 Å². The van der Waals surface area contributed by atoms with Gasteiger partial charge in [-0.2, -0.15) is 0 Å². The first-order chi connectivity index (χ1) is 12.3. The highest BCUT2D eigenvalue weighted by Crippen LogP contribution is 2.29. The summed E-state index contributed by atoms with van der Waals surface area (Å²) in [6.07, 6.45) is 0. The molecule has 1 aliphatic rings. The summed E-state index contributed by atoms with van der Waals surface area (Å²) in [5, 5.41) is 10.3. The predicted octanol–water partition coefficient (Wildman–Crippen LogP) is 4.39. The average Bonchev–Trinajstić information content (AvgIpc) is 2.58. The topological polar surface area (TPSA) is 53.2 Å². The lowest BCUT2D eigenvalue weighted by molar-refractivity contribution is -0.113. The molecule has 1 aliphatic heterocycles. The third kappa shape index (κ3) is 3.89. The van der Waals surface area contributed by atoms with Crippen molar-refractivity contribution >= 4 is 40.5 Å². The normalized spacial score (nSPS) is 16.8. The summed E-state index contributed by atoms with van der Waals surface area (Å²) in [5.74, 6) is -0.173. The number of anilines is 1. The van der Waals surface area contributed by atoms with Crippen molar-refractivity contribution < 1.29 is 4.79 Å². The summed E-state index contributed by atoms with van der Waals surface area (Å²) >= 11 is 11.3. The Hall–Kier alpha value is -2.37. The molecule has 0 fully saturated rings. The number of amides is 1. The molecule has 0 aromatic heterocycles. The molecule has 1 amide bonds. The van der Waals surface area contributed by atoms with Crippen LogP contribution in [0, 0.1) is 13.8 Å². The highest BCUT2D eigenvalue weighted by molar-refractivity contribution is 7.80. The van der Waals surface area contributed by atoms with E-state index in [0.717, 1.165) is 22.5 Å². The molecule has 0 spiro atoms. The molecule has 3 N–H and O–H groups in total. The molecule has 1 atom stereocenters. The van der Waals surface area contributed by atoms with Crippen molar-refractivity contribution in [3.05, 3.63) is 75.4 Å². The van der Waals surface area contributed by atoms with E-state index in [-0.39, 0.29) is 11.9 Å². The van der Waals surface area contributed by atoms with E-state index in [1.54, 1.807) is 12.1 Å². The quantitative estimate of drug-likeness (QED) is 0.686. The van der Waals surface area contributed by atoms with Gasteiger partial charge in [0.25, 0.3) is 5.91 Å². The zero-order valence-electron chi connectivity index (χ0n) is 14.8. The molecule has 0 radical (unpaired) electrons. The van der Waals surface area contributed by atoms with Crippen molar-refractivity contribution in [1.82, 2.24) is 10.6 Å². The minimum atomic E-state index is -0.340. The van der Waals surface area contributed by atoms with E-state index in [9.17, 15) is 4.79 Å². The zero-order chi connectivity index (χ0) is 18.8. The van der Waals surface area contributed by atoms with E-state index in [2.05, 4.69) is 16.0 Å². The van der Waals surface area contributed by atoms with Crippen LogP contribution in [0.25, 0.3) is 0 Å². The van der Waals surface area contributed by atoms with Crippen LogP contribution in [0.4, 0.5) is 5.69 Å². The number of halogens is 1. The lowest BCUT2D eigenvalue weighted by Gasteiger charge is -2.30. The lowest BCUT2D eigenvalue weighted by atomic mass is 9.95. The number of nitrogens with one attached hydrogen (secondary N) is 3. The number of aryl methyl sites for hydroxylation is 2. The van der Waals surface area contributed by atoms with E-state index < -0.39 is 0 Å². The third-order valence-corrected chi connectivity index (χ3v) is 4.95. The highest BCUT2D eigenvalue weighted by Gasteiger charge is 2.29. The predicted molar refractivity (Wildman–Crippen MR) is 110 cm³/mol. The monoisotopic (exact) mass is 385 g/mol. The molecule has 2 aromatic carbocycles. The van der Waals surface area contributed by atoms with Gasteiger partial charge in [-0.3, -0.25) is 4.79 Å². The molecule has 26 heavy (non-hydrogen) atoms. The van der Waals surface area contributed by atoms with Crippen LogP contribution in [0.1, 0.15) is 29.7 Å². The summed E-state index contributed by atoms with van der Waals surface area (Å²) < 4.78 is 0. The Morgan fingerprint density at radius 2 is 1.77 bits per heavy atom. The lowest BCUT2D eigenvalue weighted by Crippen LogP contribution is -2.45. The van der Waals surface area contributed by atoms with Gasteiger partial charge in [-0.05, 0) is 73.9 Å². The second-order valence-electron chi connectivity index (χ2n) is 6.37. The van der Waals surface area contributed by atoms with Gasteiger partial charge in [0.05, 0.1) is 11.6 Å². The number of carbonyl (C=O) groups excluding carboxylic acids is 1. The van der Waals surface area contributed by atoms with Crippen molar-refractivity contribution in [3.8, 4) is 0 Å². The molecular weight excluding hydrogens is 366 g/mol. The number of carbonyl (C=O) groups is 1. The van der Waals surface area contributed by atoms with Gasteiger partial charge in [0.1, 0.15) is 0 Å². The number of hydrogen-bond donors (Lipinski definition) is 3. The first kappa shape index (κ1) is 18.4. The van der Waals surface area contributed by atoms with Gasteiger partial charge in [-0.15, -0.1) is 0 Å². The van der Waals surface area contributed by atoms with Crippen LogP contribution in [-0.2, 0) is 4.79 Å². The molecule has 6 heteroatoms. The maximum atomic E-state index is 13.0. The largest absolute Gasteiger partial charge is 0.351 e. The number of allylic oxidation sites excluding steroid dienone is 1. The molecule has 0 bridgehead atoms. The van der Waals surface area contributed by atoms with Crippen molar-refractivity contribution in [3.63, 3.8) is 0 Å². The molecule has 3 rings (SSSR count). The van der Waals surface area contributed by atoms with Crippen LogP contribution >= 0.6 is 23.8 Å². The molecular formula is C20H20ClN3OS. The average molecular weight is 386 g/mol. The molecule has 134 valence electrons. The van der Waals surface area contributed by atoms with Crippen LogP contribution in [0.3, 0.4) is 0 Å². The molecule has 2 aromatic rings. The summed E-state index contributed by atoms with van der Waals surface area (Å²) in [6.45, 7) is 5.92. The first-order valence-electron chi connectivity index (χ1n) is 8.27. The second-order valence-corrected chi connectivity index (χ2v) is 7.22. The maximum Gasteiger partial charge on any atom is 0.255 e. The van der Waals surface area contributed by atoms with Gasteiger partial charge < -0.3 is 16.0 Å². The van der Waals surface area contributed by atoms with Crippen LogP contribution in [0.5, 0.6) is 0 Å². The number of hydrogen-bond acceptors (Lipinski definition) is 2. The Bertz CT molecular complexity index is 906. The number of rotatable bonds is 3. The van der Waals surface area contributed by atoms with Gasteiger partial charge in [0.2, 0.25) is 0 Å². The summed E-state index contributed by atoms with van der Waals surface area (Å²) in [7, 11) is 0. The Labute approximate surface area is 163 Å². The highest BCUT2D eigenvalue weighted by atomic mass is 35.5. The number of benzene rings is 2. The van der Waals surface area contributed by atoms with Crippen LogP contribution < -0.4 is 16.0 Å². The van der Waals surface area contributed by atoms with Crippen molar-refractivity contribution in [2.24, 2.45) is 0 Å². The van der Waals surface area contributed by atoms with Gasteiger partial charge in [-0.25, -0.2) is 0 Å². The van der Waals surface area contributed by atoms with Crippen LogP contribution in [0.2, 0.25) is 5.02 Å². The molecule has 1 heterocycles. The standard InChI is InChI=1S/C20H20ClN3OS/c1-11-4-9-16(10-12(11)2)23-19(25)17-13(3)22-20(26)24-18(17)14-5-7-15(21)8-6-14/h4-10,18H,1-3H3,(H,23,25)(H2,22,24,26). The molecule has 0 saturated carbocycles. The van der Waals surface area contributed by atoms with E-state index in [1.807, 2.05) is 51.1 Å². The molecule has 0 saturated heterocycles. The van der Waals surface area contributed by atoms with Crippen molar-refractivity contribution in [2.75, 3.05) is 5.32 Å². The Kier molecular flexibility index (Phi) is 5.30. The summed E-state index contributed by atoms with van der Waals surface area (Å²) in [4.78, 5) is 13.0. The van der Waals surface area contributed by atoms with E-state index >= 15 is 0 Å². The molecule has 1 unspecified atom stereocenters.